The molecule has 4 rings (SSSR count). The molecule has 0 atom stereocenters. The van der Waals surface area contributed by atoms with Crippen LogP contribution in [0.2, 0.25) is 0 Å². The monoisotopic (exact) mass is 471 g/mol. The molecule has 0 bridgehead atoms. The average Bonchev–Trinajstić information content (AvgIpc) is 3.17. The lowest BCUT2D eigenvalue weighted by molar-refractivity contribution is -0.582. The molecule has 3 heterocycles. The van der Waals surface area contributed by atoms with Crippen molar-refractivity contribution in [2.24, 2.45) is 10.1 Å². The van der Waals surface area contributed by atoms with Crippen molar-refractivity contribution in [2.45, 2.75) is 19.4 Å². The zero-order valence-electron chi connectivity index (χ0n) is 17.9. The first-order valence-corrected chi connectivity index (χ1v) is 11.3. The summed E-state index contributed by atoms with van der Waals surface area (Å²) in [5, 5.41) is 2.92. The van der Waals surface area contributed by atoms with E-state index in [1.165, 1.54) is 6.20 Å². The SMILES string of the molecule is CC(C)(COc1cccc2c1C(N)=NS(=O)(=O)N2)NC(=O)c1ccnc(-[n+]2cc[nH]c2N)c1. The Morgan fingerprint density at radius 3 is 2.79 bits per heavy atom. The van der Waals surface area contributed by atoms with Crippen LogP contribution in [0.3, 0.4) is 0 Å². The highest BCUT2D eigenvalue weighted by atomic mass is 32.2. The molecule has 0 aliphatic carbocycles. The number of carbonyl (C=O) groups excluding carboxylic acids is 1. The largest absolute Gasteiger partial charge is 0.490 e. The van der Waals surface area contributed by atoms with Crippen LogP contribution in [0.4, 0.5) is 11.6 Å². The molecule has 1 aliphatic heterocycles. The molecule has 0 unspecified atom stereocenters. The van der Waals surface area contributed by atoms with Gasteiger partial charge in [0.15, 0.2) is 5.84 Å². The quantitative estimate of drug-likeness (QED) is 0.319. The Bertz CT molecular complexity index is 1360. The summed E-state index contributed by atoms with van der Waals surface area (Å²) < 4.78 is 36.8. The molecule has 1 amide bonds. The number of nitrogen functional groups attached to an aromatic ring is 1. The average molecular weight is 472 g/mol. The first-order valence-electron chi connectivity index (χ1n) is 9.82. The number of ether oxygens (including phenoxy) is 1. The summed E-state index contributed by atoms with van der Waals surface area (Å²) >= 11 is 0. The molecule has 12 nitrogen and oxygen atoms in total. The summed E-state index contributed by atoms with van der Waals surface area (Å²) in [6.45, 7) is 3.66. The van der Waals surface area contributed by atoms with E-state index in [1.54, 1.807) is 61.1 Å². The predicted molar refractivity (Wildman–Crippen MR) is 121 cm³/mol. The van der Waals surface area contributed by atoms with Crippen molar-refractivity contribution in [3.05, 3.63) is 60.0 Å². The maximum atomic E-state index is 12.9. The number of hydrogen-bond donors (Lipinski definition) is 5. The molecule has 13 heteroatoms. The molecule has 0 saturated carbocycles. The highest BCUT2D eigenvalue weighted by Crippen LogP contribution is 2.30. The van der Waals surface area contributed by atoms with Gasteiger partial charge in [0.1, 0.15) is 12.4 Å². The van der Waals surface area contributed by atoms with Gasteiger partial charge in [-0.1, -0.05) is 6.07 Å². The first-order chi connectivity index (χ1) is 15.5. The Kier molecular flexibility index (Phi) is 5.41. The molecule has 0 spiro atoms. The van der Waals surface area contributed by atoms with E-state index in [9.17, 15) is 13.2 Å². The van der Waals surface area contributed by atoms with E-state index in [2.05, 4.69) is 24.4 Å². The number of amides is 1. The third-order valence-corrected chi connectivity index (χ3v) is 5.66. The molecule has 2 aromatic heterocycles. The number of aromatic nitrogens is 3. The Morgan fingerprint density at radius 2 is 2.06 bits per heavy atom. The second kappa shape index (κ2) is 8.09. The van der Waals surface area contributed by atoms with Crippen LogP contribution < -0.4 is 30.8 Å². The smallest absolute Gasteiger partial charge is 0.344 e. The van der Waals surface area contributed by atoms with E-state index in [-0.39, 0.29) is 24.0 Å². The first kappa shape index (κ1) is 22.1. The molecular weight excluding hydrogens is 448 g/mol. The number of carbonyl (C=O) groups is 1. The van der Waals surface area contributed by atoms with E-state index >= 15 is 0 Å². The van der Waals surface area contributed by atoms with Crippen LogP contribution in [0.25, 0.3) is 5.82 Å². The molecule has 0 saturated heterocycles. The van der Waals surface area contributed by atoms with Crippen LogP contribution in [0, 0.1) is 0 Å². The van der Waals surface area contributed by atoms with E-state index in [0.29, 0.717) is 28.6 Å². The molecule has 3 aromatic rings. The molecule has 1 aliphatic rings. The van der Waals surface area contributed by atoms with Crippen LogP contribution in [0.1, 0.15) is 29.8 Å². The summed E-state index contributed by atoms with van der Waals surface area (Å²) in [6, 6.07) is 8.05. The summed E-state index contributed by atoms with van der Waals surface area (Å²) in [5.74, 6) is 0.704. The molecular formula is C20H23N8O4S+. The maximum Gasteiger partial charge on any atom is 0.344 e. The molecule has 1 aromatic carbocycles. The van der Waals surface area contributed by atoms with Gasteiger partial charge < -0.3 is 21.5 Å². The minimum Gasteiger partial charge on any atom is -0.490 e. The van der Waals surface area contributed by atoms with Gasteiger partial charge in [0, 0.05) is 11.6 Å². The van der Waals surface area contributed by atoms with Crippen molar-refractivity contribution in [1.82, 2.24) is 15.3 Å². The number of nitrogens with two attached hydrogens (primary N) is 2. The third-order valence-electron chi connectivity index (χ3n) is 4.75. The molecule has 7 N–H and O–H groups in total. The van der Waals surface area contributed by atoms with Crippen molar-refractivity contribution < 1.29 is 22.5 Å². The number of imidazole rings is 1. The number of fused-ring (bicyclic) bond motifs is 1. The Morgan fingerprint density at radius 1 is 1.27 bits per heavy atom. The number of benzene rings is 1. The van der Waals surface area contributed by atoms with Crippen LogP contribution in [0.15, 0.2) is 53.3 Å². The number of H-pyrrole nitrogens is 1. The lowest BCUT2D eigenvalue weighted by Gasteiger charge is -2.27. The zero-order chi connectivity index (χ0) is 23.8. The number of amidine groups is 1. The van der Waals surface area contributed by atoms with E-state index in [4.69, 9.17) is 16.2 Å². The van der Waals surface area contributed by atoms with Gasteiger partial charge in [-0.2, -0.15) is 13.0 Å². The van der Waals surface area contributed by atoms with Crippen LogP contribution in [0.5, 0.6) is 5.75 Å². The summed E-state index contributed by atoms with van der Waals surface area (Å²) in [4.78, 5) is 20.0. The van der Waals surface area contributed by atoms with Gasteiger partial charge in [0.05, 0.1) is 35.4 Å². The second-order valence-corrected chi connectivity index (χ2v) is 9.31. The molecule has 0 fully saturated rings. The van der Waals surface area contributed by atoms with Crippen molar-refractivity contribution in [3.63, 3.8) is 0 Å². The van der Waals surface area contributed by atoms with Crippen molar-refractivity contribution in [3.8, 4) is 11.6 Å². The van der Waals surface area contributed by atoms with Gasteiger partial charge in [-0.25, -0.2) is 0 Å². The normalized spacial score (nSPS) is 14.5. The molecule has 172 valence electrons. The third kappa shape index (κ3) is 4.72. The number of aromatic amines is 1. The fourth-order valence-electron chi connectivity index (χ4n) is 3.25. The number of rotatable bonds is 6. The second-order valence-electron chi connectivity index (χ2n) is 7.98. The molecule has 0 radical (unpaired) electrons. The highest BCUT2D eigenvalue weighted by molar-refractivity contribution is 7.91. The number of hydrogen-bond acceptors (Lipinski definition) is 7. The number of nitrogens with zero attached hydrogens (tertiary/aromatic N) is 3. The summed E-state index contributed by atoms with van der Waals surface area (Å²) in [7, 11) is -3.89. The number of anilines is 2. The van der Waals surface area contributed by atoms with Gasteiger partial charge in [-0.3, -0.25) is 14.5 Å². The van der Waals surface area contributed by atoms with Crippen LogP contribution in [-0.2, 0) is 10.2 Å². The van der Waals surface area contributed by atoms with Gasteiger partial charge in [-0.05, 0) is 32.0 Å². The Hall–Kier alpha value is -4.13. The lowest BCUT2D eigenvalue weighted by atomic mass is 10.1. The van der Waals surface area contributed by atoms with Crippen molar-refractivity contribution in [2.75, 3.05) is 17.1 Å². The number of nitrogens with one attached hydrogen (secondary N) is 3. The zero-order valence-corrected chi connectivity index (χ0v) is 18.7. The van der Waals surface area contributed by atoms with Gasteiger partial charge in [-0.15, -0.1) is 9.38 Å². The van der Waals surface area contributed by atoms with Gasteiger partial charge in [0.25, 0.3) is 5.91 Å². The van der Waals surface area contributed by atoms with Crippen LogP contribution >= 0.6 is 0 Å². The standard InChI is InChI=1S/C20H22N8O4S/c1-20(2,11-32-14-5-3-4-13-16(14)17(21)27-33(30,31)26-13)25-18(29)12-6-7-23-15(10-12)28-9-8-24-19(28)22/h3-10H,11H2,1-2H3,(H6,21,22,24,25,26,27,29)/p+1. The predicted octanol–water partition coefficient (Wildman–Crippen LogP) is 0.232. The van der Waals surface area contributed by atoms with Gasteiger partial charge in [0.2, 0.25) is 5.82 Å². The fraction of sp³-hybridized carbons (Fsp3) is 0.200. The highest BCUT2D eigenvalue weighted by Gasteiger charge is 2.27. The Labute approximate surface area is 189 Å². The summed E-state index contributed by atoms with van der Waals surface area (Å²) in [5.41, 5.74) is 11.9. The lowest BCUT2D eigenvalue weighted by Crippen LogP contribution is -2.48. The van der Waals surface area contributed by atoms with Crippen LogP contribution in [-0.4, -0.2) is 42.3 Å². The number of pyridine rings is 1. The van der Waals surface area contributed by atoms with E-state index in [1.807, 2.05) is 0 Å². The van der Waals surface area contributed by atoms with Crippen molar-refractivity contribution >= 4 is 33.6 Å². The summed E-state index contributed by atoms with van der Waals surface area (Å²) in [6.07, 6.45) is 4.88. The van der Waals surface area contributed by atoms with Gasteiger partial charge >= 0.3 is 16.2 Å². The maximum absolute atomic E-state index is 12.9. The van der Waals surface area contributed by atoms with Crippen molar-refractivity contribution in [1.29, 1.82) is 0 Å². The minimum atomic E-state index is -3.89. The fourth-order valence-corrected chi connectivity index (χ4v) is 4.09. The molecule has 33 heavy (non-hydrogen) atoms. The minimum absolute atomic E-state index is 0.0761. The topological polar surface area (TPSA) is 181 Å². The van der Waals surface area contributed by atoms with E-state index in [0.717, 1.165) is 0 Å². The Balaban J connectivity index is 1.48. The van der Waals surface area contributed by atoms with E-state index < -0.39 is 15.7 Å².